The first-order chi connectivity index (χ1) is 8.82. The molecule has 0 aliphatic carbocycles. The van der Waals surface area contributed by atoms with E-state index < -0.39 is 11.9 Å². The molecule has 19 heavy (non-hydrogen) atoms. The van der Waals surface area contributed by atoms with Gasteiger partial charge in [-0.2, -0.15) is 18.3 Å². The van der Waals surface area contributed by atoms with Crippen LogP contribution in [0.5, 0.6) is 5.75 Å². The molecule has 0 saturated carbocycles. The number of ether oxygens (including phenoxy) is 1. The zero-order chi connectivity index (χ0) is 14.2. The van der Waals surface area contributed by atoms with Crippen LogP contribution >= 0.6 is 31.9 Å². The molecule has 0 spiro atoms. The Kier molecular flexibility index (Phi) is 3.91. The fourth-order valence-corrected chi connectivity index (χ4v) is 2.50. The van der Waals surface area contributed by atoms with Gasteiger partial charge in [0, 0.05) is 6.20 Å². The molecule has 1 heterocycles. The number of hydrogen-bond acceptors (Lipinski definition) is 2. The van der Waals surface area contributed by atoms with Crippen molar-refractivity contribution in [2.75, 3.05) is 7.11 Å². The number of nitrogens with zero attached hydrogens (tertiary/aromatic N) is 2. The van der Waals surface area contributed by atoms with E-state index in [1.54, 1.807) is 18.2 Å². The minimum Gasteiger partial charge on any atom is -0.496 e. The van der Waals surface area contributed by atoms with Crippen LogP contribution < -0.4 is 4.74 Å². The number of halogens is 5. The van der Waals surface area contributed by atoms with E-state index in [1.807, 2.05) is 0 Å². The Morgan fingerprint density at radius 1 is 1.21 bits per heavy atom. The van der Waals surface area contributed by atoms with Crippen molar-refractivity contribution in [2.45, 2.75) is 6.18 Å². The summed E-state index contributed by atoms with van der Waals surface area (Å²) < 4.78 is 44.7. The van der Waals surface area contributed by atoms with E-state index in [9.17, 15) is 13.2 Å². The topological polar surface area (TPSA) is 27.1 Å². The van der Waals surface area contributed by atoms with Crippen LogP contribution in [0, 0.1) is 0 Å². The Labute approximate surface area is 123 Å². The van der Waals surface area contributed by atoms with Gasteiger partial charge in [0.25, 0.3) is 0 Å². The number of rotatable bonds is 2. The van der Waals surface area contributed by atoms with E-state index in [0.29, 0.717) is 15.9 Å². The summed E-state index contributed by atoms with van der Waals surface area (Å²) in [5.74, 6) is 0.589. The summed E-state index contributed by atoms with van der Waals surface area (Å²) in [6.45, 7) is 0. The highest BCUT2D eigenvalue weighted by molar-refractivity contribution is 9.10. The Bertz CT molecular complexity index is 610. The highest BCUT2D eigenvalue weighted by Crippen LogP contribution is 2.34. The molecule has 0 N–H and O–H groups in total. The van der Waals surface area contributed by atoms with Crippen LogP contribution in [0.2, 0.25) is 0 Å². The predicted octanol–water partition coefficient (Wildman–Crippen LogP) is 4.42. The van der Waals surface area contributed by atoms with Gasteiger partial charge < -0.3 is 4.74 Å². The molecule has 0 unspecified atom stereocenters. The lowest BCUT2D eigenvalue weighted by atomic mass is 10.3. The molecule has 0 aliphatic rings. The summed E-state index contributed by atoms with van der Waals surface area (Å²) in [5, 5.41) is 3.53. The summed E-state index contributed by atoms with van der Waals surface area (Å²) >= 11 is 6.13. The molecule has 0 amide bonds. The first-order valence-corrected chi connectivity index (χ1v) is 6.58. The molecule has 3 nitrogen and oxygen atoms in total. The molecular weight excluding hydrogens is 393 g/mol. The van der Waals surface area contributed by atoms with Crippen molar-refractivity contribution in [1.29, 1.82) is 0 Å². The summed E-state index contributed by atoms with van der Waals surface area (Å²) in [6.07, 6.45) is -3.23. The van der Waals surface area contributed by atoms with E-state index in [-0.39, 0.29) is 4.47 Å². The van der Waals surface area contributed by atoms with E-state index in [4.69, 9.17) is 4.74 Å². The molecule has 2 aromatic rings. The van der Waals surface area contributed by atoms with Crippen molar-refractivity contribution < 1.29 is 17.9 Å². The first-order valence-electron chi connectivity index (χ1n) is 4.99. The third kappa shape index (κ3) is 2.94. The highest BCUT2D eigenvalue weighted by Gasteiger charge is 2.36. The van der Waals surface area contributed by atoms with Crippen LogP contribution in [-0.4, -0.2) is 16.9 Å². The summed E-state index contributed by atoms with van der Waals surface area (Å²) in [6, 6.07) is 4.88. The largest absolute Gasteiger partial charge is 0.496 e. The van der Waals surface area contributed by atoms with Gasteiger partial charge in [-0.15, -0.1) is 0 Å². The molecule has 0 bridgehead atoms. The van der Waals surface area contributed by atoms with Crippen LogP contribution in [0.25, 0.3) is 5.69 Å². The molecule has 102 valence electrons. The zero-order valence-corrected chi connectivity index (χ0v) is 12.7. The average molecular weight is 400 g/mol. The fourth-order valence-electron chi connectivity index (χ4n) is 1.48. The second-order valence-electron chi connectivity index (χ2n) is 3.59. The third-order valence-electron chi connectivity index (χ3n) is 2.34. The normalized spacial score (nSPS) is 11.7. The van der Waals surface area contributed by atoms with Crippen LogP contribution in [-0.2, 0) is 6.18 Å². The summed E-state index contributed by atoms with van der Waals surface area (Å²) in [5.41, 5.74) is -0.469. The molecule has 1 aromatic carbocycles. The lowest BCUT2D eigenvalue weighted by Crippen LogP contribution is -2.08. The van der Waals surface area contributed by atoms with Gasteiger partial charge in [-0.3, -0.25) is 0 Å². The molecule has 8 heteroatoms. The zero-order valence-electron chi connectivity index (χ0n) is 9.50. The lowest BCUT2D eigenvalue weighted by Gasteiger charge is -2.06. The maximum atomic E-state index is 12.6. The van der Waals surface area contributed by atoms with Crippen molar-refractivity contribution in [3.05, 3.63) is 39.0 Å². The Morgan fingerprint density at radius 2 is 1.89 bits per heavy atom. The number of benzene rings is 1. The van der Waals surface area contributed by atoms with Gasteiger partial charge in [-0.05, 0) is 50.1 Å². The maximum absolute atomic E-state index is 12.6. The summed E-state index contributed by atoms with van der Waals surface area (Å²) in [4.78, 5) is 0. The van der Waals surface area contributed by atoms with E-state index >= 15 is 0 Å². The monoisotopic (exact) mass is 398 g/mol. The van der Waals surface area contributed by atoms with Gasteiger partial charge in [-0.1, -0.05) is 0 Å². The number of methoxy groups -OCH3 is 1. The van der Waals surface area contributed by atoms with Gasteiger partial charge in [0.05, 0.1) is 21.7 Å². The van der Waals surface area contributed by atoms with E-state index in [0.717, 1.165) is 4.68 Å². The Balaban J connectivity index is 2.46. The van der Waals surface area contributed by atoms with Crippen LogP contribution in [0.4, 0.5) is 13.2 Å². The molecule has 0 aliphatic heterocycles. The maximum Gasteiger partial charge on any atom is 0.436 e. The Morgan fingerprint density at radius 3 is 2.37 bits per heavy atom. The van der Waals surface area contributed by atoms with Crippen LogP contribution in [0.15, 0.2) is 33.3 Å². The van der Waals surface area contributed by atoms with Gasteiger partial charge in [0.1, 0.15) is 5.75 Å². The van der Waals surface area contributed by atoms with Crippen LogP contribution in [0.3, 0.4) is 0 Å². The average Bonchev–Trinajstić information content (AvgIpc) is 2.71. The minimum absolute atomic E-state index is 0.105. The van der Waals surface area contributed by atoms with Gasteiger partial charge in [0.2, 0.25) is 0 Å². The fraction of sp³-hybridized carbons (Fsp3) is 0.182. The molecule has 0 atom stereocenters. The number of aromatic nitrogens is 2. The SMILES string of the molecule is COc1ccc(-n2cc(Br)c(C(F)(F)F)n2)cc1Br. The number of hydrogen-bond donors (Lipinski definition) is 0. The molecule has 0 radical (unpaired) electrons. The highest BCUT2D eigenvalue weighted by atomic mass is 79.9. The summed E-state index contributed by atoms with van der Waals surface area (Å²) in [7, 11) is 1.51. The molecule has 0 fully saturated rings. The second-order valence-corrected chi connectivity index (χ2v) is 5.30. The van der Waals surface area contributed by atoms with Crippen molar-refractivity contribution in [1.82, 2.24) is 9.78 Å². The standard InChI is InChI=1S/C11H7Br2F3N2O/c1-19-9-3-2-6(4-7(9)12)18-5-8(13)10(17-18)11(14,15)16/h2-5H,1H3. The van der Waals surface area contributed by atoms with E-state index in [1.165, 1.54) is 13.3 Å². The van der Waals surface area contributed by atoms with Crippen molar-refractivity contribution in [2.24, 2.45) is 0 Å². The predicted molar refractivity (Wildman–Crippen MR) is 70.5 cm³/mol. The quantitative estimate of drug-likeness (QED) is 0.747. The van der Waals surface area contributed by atoms with E-state index in [2.05, 4.69) is 37.0 Å². The second kappa shape index (κ2) is 5.16. The van der Waals surface area contributed by atoms with Crippen LogP contribution in [0.1, 0.15) is 5.69 Å². The molecular formula is C11H7Br2F3N2O. The molecule has 2 rings (SSSR count). The number of alkyl halides is 3. The smallest absolute Gasteiger partial charge is 0.436 e. The Hall–Kier alpha value is -1.02. The van der Waals surface area contributed by atoms with Gasteiger partial charge in [-0.25, -0.2) is 4.68 Å². The van der Waals surface area contributed by atoms with Gasteiger partial charge >= 0.3 is 6.18 Å². The third-order valence-corrected chi connectivity index (χ3v) is 3.54. The molecule has 1 aromatic heterocycles. The van der Waals surface area contributed by atoms with Crippen molar-refractivity contribution in [3.8, 4) is 11.4 Å². The minimum atomic E-state index is -4.49. The lowest BCUT2D eigenvalue weighted by molar-refractivity contribution is -0.141. The molecule has 0 saturated heterocycles. The first kappa shape index (κ1) is 14.4. The van der Waals surface area contributed by atoms with Gasteiger partial charge in [0.15, 0.2) is 5.69 Å². The van der Waals surface area contributed by atoms with Crippen molar-refractivity contribution >= 4 is 31.9 Å². The van der Waals surface area contributed by atoms with Crippen molar-refractivity contribution in [3.63, 3.8) is 0 Å².